The van der Waals surface area contributed by atoms with Gasteiger partial charge in [0.25, 0.3) is 11.7 Å². The number of aromatic nitrogens is 2. The standard InChI is InChI=1S/C13H18N4O4/c1-7-4-6-17(9(7)13(19)20)12(18)10-15-11(21-16-10)8-3-2-5-14-8/h7-9,14H,2-6H2,1H3,(H,19,20). The lowest BCUT2D eigenvalue weighted by molar-refractivity contribution is -0.142. The van der Waals surface area contributed by atoms with Crippen molar-refractivity contribution in [2.75, 3.05) is 13.1 Å². The van der Waals surface area contributed by atoms with Gasteiger partial charge in [-0.15, -0.1) is 0 Å². The van der Waals surface area contributed by atoms with Crippen LogP contribution in [0.3, 0.4) is 0 Å². The van der Waals surface area contributed by atoms with Gasteiger partial charge in [0.15, 0.2) is 0 Å². The molecule has 0 aliphatic carbocycles. The summed E-state index contributed by atoms with van der Waals surface area (Å²) < 4.78 is 5.13. The average molecular weight is 294 g/mol. The zero-order chi connectivity index (χ0) is 15.0. The monoisotopic (exact) mass is 294 g/mol. The van der Waals surface area contributed by atoms with Gasteiger partial charge in [-0.1, -0.05) is 12.1 Å². The van der Waals surface area contributed by atoms with E-state index in [1.54, 1.807) is 0 Å². The van der Waals surface area contributed by atoms with Crippen molar-refractivity contribution in [1.29, 1.82) is 0 Å². The van der Waals surface area contributed by atoms with Crippen LogP contribution in [0.25, 0.3) is 0 Å². The Morgan fingerprint density at radius 3 is 2.90 bits per heavy atom. The Morgan fingerprint density at radius 2 is 2.24 bits per heavy atom. The second kappa shape index (κ2) is 5.44. The van der Waals surface area contributed by atoms with E-state index in [9.17, 15) is 14.7 Å². The van der Waals surface area contributed by atoms with Gasteiger partial charge in [-0.05, 0) is 31.7 Å². The first-order valence-corrected chi connectivity index (χ1v) is 7.18. The number of likely N-dealkylation sites (tertiary alicyclic amines) is 1. The number of carboxylic acid groups (broad SMARTS) is 1. The Morgan fingerprint density at radius 1 is 1.43 bits per heavy atom. The van der Waals surface area contributed by atoms with E-state index in [0.717, 1.165) is 19.4 Å². The Hall–Kier alpha value is -1.96. The molecule has 3 unspecified atom stereocenters. The topological polar surface area (TPSA) is 109 Å². The summed E-state index contributed by atoms with van der Waals surface area (Å²) in [5, 5.41) is 16.2. The second-order valence-corrected chi connectivity index (χ2v) is 5.65. The van der Waals surface area contributed by atoms with Gasteiger partial charge in [0.2, 0.25) is 5.89 Å². The molecule has 8 heteroatoms. The minimum Gasteiger partial charge on any atom is -0.480 e. The molecule has 114 valence electrons. The first kappa shape index (κ1) is 14.0. The van der Waals surface area contributed by atoms with Crippen LogP contribution in [0.2, 0.25) is 0 Å². The molecule has 2 saturated heterocycles. The number of nitrogens with one attached hydrogen (secondary N) is 1. The van der Waals surface area contributed by atoms with E-state index in [-0.39, 0.29) is 17.8 Å². The van der Waals surface area contributed by atoms with Crippen LogP contribution in [-0.4, -0.2) is 51.2 Å². The maximum Gasteiger partial charge on any atom is 0.326 e. The van der Waals surface area contributed by atoms with Gasteiger partial charge in [-0.25, -0.2) is 4.79 Å². The molecule has 0 aromatic carbocycles. The predicted octanol–water partition coefficient (Wildman–Crippen LogP) is 0.429. The van der Waals surface area contributed by atoms with Crippen LogP contribution in [-0.2, 0) is 4.79 Å². The fourth-order valence-corrected chi connectivity index (χ4v) is 3.04. The van der Waals surface area contributed by atoms with E-state index in [4.69, 9.17) is 4.52 Å². The van der Waals surface area contributed by atoms with Crippen molar-refractivity contribution < 1.29 is 19.2 Å². The molecule has 2 aliphatic rings. The summed E-state index contributed by atoms with van der Waals surface area (Å²) in [6, 6.07) is -0.823. The van der Waals surface area contributed by atoms with Crippen LogP contribution < -0.4 is 5.32 Å². The minimum absolute atomic E-state index is 0.00757. The lowest BCUT2D eigenvalue weighted by Crippen LogP contribution is -2.43. The maximum atomic E-state index is 12.4. The normalized spacial score (nSPS) is 29.0. The molecule has 0 radical (unpaired) electrons. The second-order valence-electron chi connectivity index (χ2n) is 5.65. The van der Waals surface area contributed by atoms with Crippen molar-refractivity contribution in [3.63, 3.8) is 0 Å². The largest absolute Gasteiger partial charge is 0.480 e. The van der Waals surface area contributed by atoms with Crippen molar-refractivity contribution >= 4 is 11.9 Å². The summed E-state index contributed by atoms with van der Waals surface area (Å²) in [5.74, 6) is -1.20. The molecule has 21 heavy (non-hydrogen) atoms. The van der Waals surface area contributed by atoms with Gasteiger partial charge in [-0.2, -0.15) is 4.98 Å². The number of carboxylic acids is 1. The quantitative estimate of drug-likeness (QED) is 0.832. The number of aliphatic carboxylic acids is 1. The third-order valence-corrected chi connectivity index (χ3v) is 4.21. The minimum atomic E-state index is -0.991. The van der Waals surface area contributed by atoms with E-state index >= 15 is 0 Å². The highest BCUT2D eigenvalue weighted by Gasteiger charge is 2.41. The summed E-state index contributed by atoms with van der Waals surface area (Å²) in [6.45, 7) is 3.12. The fraction of sp³-hybridized carbons (Fsp3) is 0.692. The van der Waals surface area contributed by atoms with Gasteiger partial charge >= 0.3 is 5.97 Å². The molecule has 1 amide bonds. The van der Waals surface area contributed by atoms with Crippen molar-refractivity contribution in [2.24, 2.45) is 5.92 Å². The lowest BCUT2D eigenvalue weighted by Gasteiger charge is -2.21. The van der Waals surface area contributed by atoms with Crippen molar-refractivity contribution in [2.45, 2.75) is 38.3 Å². The smallest absolute Gasteiger partial charge is 0.326 e. The van der Waals surface area contributed by atoms with E-state index in [2.05, 4.69) is 15.5 Å². The van der Waals surface area contributed by atoms with Gasteiger partial charge in [0, 0.05) is 6.54 Å². The van der Waals surface area contributed by atoms with E-state index in [1.165, 1.54) is 4.90 Å². The van der Waals surface area contributed by atoms with E-state index in [1.807, 2.05) is 6.92 Å². The third-order valence-electron chi connectivity index (χ3n) is 4.21. The van der Waals surface area contributed by atoms with Crippen molar-refractivity contribution in [3.05, 3.63) is 11.7 Å². The highest BCUT2D eigenvalue weighted by Crippen LogP contribution is 2.26. The molecule has 0 saturated carbocycles. The molecule has 0 bridgehead atoms. The highest BCUT2D eigenvalue weighted by atomic mass is 16.5. The van der Waals surface area contributed by atoms with Crippen LogP contribution in [0.1, 0.15) is 48.7 Å². The van der Waals surface area contributed by atoms with Gasteiger partial charge in [0.05, 0.1) is 6.04 Å². The summed E-state index contributed by atoms with van der Waals surface area (Å²) in [7, 11) is 0. The fourth-order valence-electron chi connectivity index (χ4n) is 3.04. The van der Waals surface area contributed by atoms with Crippen molar-refractivity contribution in [3.8, 4) is 0 Å². The van der Waals surface area contributed by atoms with Crippen LogP contribution in [0, 0.1) is 5.92 Å². The highest BCUT2D eigenvalue weighted by molar-refractivity contribution is 5.93. The maximum absolute atomic E-state index is 12.4. The molecular weight excluding hydrogens is 276 g/mol. The van der Waals surface area contributed by atoms with Crippen molar-refractivity contribution in [1.82, 2.24) is 20.4 Å². The van der Waals surface area contributed by atoms with Crippen LogP contribution in [0.4, 0.5) is 0 Å². The summed E-state index contributed by atoms with van der Waals surface area (Å²) in [5.41, 5.74) is 0. The average Bonchev–Trinajstić information content (AvgIpc) is 3.17. The predicted molar refractivity (Wildman–Crippen MR) is 70.5 cm³/mol. The molecule has 2 fully saturated rings. The summed E-state index contributed by atoms with van der Waals surface area (Å²) >= 11 is 0. The Balaban J connectivity index is 1.77. The molecule has 1 aromatic rings. The molecule has 1 aromatic heterocycles. The van der Waals surface area contributed by atoms with Gasteiger partial charge in [0.1, 0.15) is 6.04 Å². The number of hydrogen-bond acceptors (Lipinski definition) is 6. The number of carbonyl (C=O) groups excluding carboxylic acids is 1. The number of nitrogens with zero attached hydrogens (tertiary/aromatic N) is 3. The molecule has 3 heterocycles. The molecule has 2 aliphatic heterocycles. The number of amides is 1. The molecule has 3 atom stereocenters. The number of carbonyl (C=O) groups is 2. The SMILES string of the molecule is CC1CCN(C(=O)c2noc(C3CCCN3)n2)C1C(=O)O. The lowest BCUT2D eigenvalue weighted by atomic mass is 10.0. The van der Waals surface area contributed by atoms with Crippen LogP contribution in [0.15, 0.2) is 4.52 Å². The molecule has 2 N–H and O–H groups in total. The molecular formula is C13H18N4O4. The van der Waals surface area contributed by atoms with Gasteiger partial charge in [-0.3, -0.25) is 4.79 Å². The number of rotatable bonds is 3. The molecule has 0 spiro atoms. The zero-order valence-electron chi connectivity index (χ0n) is 11.8. The van der Waals surface area contributed by atoms with E-state index < -0.39 is 17.9 Å². The zero-order valence-corrected chi connectivity index (χ0v) is 11.8. The Labute approximate surface area is 121 Å². The molecule has 8 nitrogen and oxygen atoms in total. The third kappa shape index (κ3) is 2.51. The summed E-state index contributed by atoms with van der Waals surface area (Å²) in [4.78, 5) is 29.2. The molecule has 3 rings (SSSR count). The summed E-state index contributed by atoms with van der Waals surface area (Å²) in [6.07, 6.45) is 2.59. The Bertz CT molecular complexity index is 552. The Kier molecular flexibility index (Phi) is 3.62. The van der Waals surface area contributed by atoms with E-state index in [0.29, 0.717) is 18.9 Å². The first-order chi connectivity index (χ1) is 10.1. The first-order valence-electron chi connectivity index (χ1n) is 7.18. The van der Waals surface area contributed by atoms with Crippen LogP contribution >= 0.6 is 0 Å². The number of hydrogen-bond donors (Lipinski definition) is 2. The van der Waals surface area contributed by atoms with Crippen LogP contribution in [0.5, 0.6) is 0 Å². The van der Waals surface area contributed by atoms with Gasteiger partial charge < -0.3 is 19.8 Å².